The number of hydrogen-bond donors (Lipinski definition) is 1. The molecule has 9 aromatic rings. The summed E-state index contributed by atoms with van der Waals surface area (Å²) in [4.78, 5) is 0. The van der Waals surface area contributed by atoms with Crippen molar-refractivity contribution in [3.8, 4) is 28.7 Å². The van der Waals surface area contributed by atoms with Gasteiger partial charge < -0.3 is 23.2 Å². The first kappa shape index (κ1) is 63.8. The summed E-state index contributed by atoms with van der Waals surface area (Å²) in [6.45, 7) is 38.6. The summed E-state index contributed by atoms with van der Waals surface area (Å²) in [7, 11) is -3.41. The van der Waals surface area contributed by atoms with E-state index in [9.17, 15) is 5.11 Å². The number of rotatable bonds is 2. The first-order valence-corrected chi connectivity index (χ1v) is 33.8. The maximum Gasteiger partial charge on any atom is 0.326 e. The van der Waals surface area contributed by atoms with Crippen LogP contribution in [0.2, 0.25) is 0 Å². The van der Waals surface area contributed by atoms with Crippen molar-refractivity contribution in [1.82, 2.24) is 0 Å². The lowest BCUT2D eigenvalue weighted by Crippen LogP contribution is -2.20. The molecule has 5 nitrogen and oxygen atoms in total. The van der Waals surface area contributed by atoms with Crippen LogP contribution in [0.15, 0.2) is 182 Å². The Morgan fingerprint density at radius 1 is 0.273 bits per heavy atom. The third-order valence-corrected chi connectivity index (χ3v) is 19.8. The highest BCUT2D eigenvalue weighted by Gasteiger charge is 2.36. The maximum atomic E-state index is 13.0. The smallest absolute Gasteiger partial charge is 0.326 e. The molecular weight excluding hydrogens is 1110 g/mol. The molecule has 6 aliphatic rings. The Bertz CT molecular complexity index is 3680. The Kier molecular flexibility index (Phi) is 18.4. The van der Waals surface area contributed by atoms with Gasteiger partial charge in [-0.05, 0) is 149 Å². The van der Waals surface area contributed by atoms with Gasteiger partial charge in [0.15, 0.2) is 0 Å². The van der Waals surface area contributed by atoms with Crippen molar-refractivity contribution in [1.29, 1.82) is 0 Å². The van der Waals surface area contributed by atoms with Gasteiger partial charge in [0.05, 0.1) is 10.6 Å². The van der Waals surface area contributed by atoms with Crippen LogP contribution in [0.5, 0.6) is 28.7 Å². The van der Waals surface area contributed by atoms with Crippen LogP contribution in [0, 0.1) is 13.8 Å². The Morgan fingerprint density at radius 2 is 0.455 bits per heavy atom. The van der Waals surface area contributed by atoms with E-state index in [4.69, 9.17) is 18.1 Å². The molecule has 0 amide bonds. The Labute approximate surface area is 529 Å². The molecule has 1 N–H and O–H groups in total. The summed E-state index contributed by atoms with van der Waals surface area (Å²) in [6, 6.07) is 64.9. The highest BCUT2D eigenvalue weighted by molar-refractivity contribution is 7.57. The highest BCUT2D eigenvalue weighted by Crippen LogP contribution is 2.54. The van der Waals surface area contributed by atoms with Crippen LogP contribution in [-0.2, 0) is 59.2 Å². The minimum atomic E-state index is -1.71. The topological polar surface area (TPSA) is 57.2 Å². The fraction of sp³-hybridized carbons (Fsp3) is 0.333. The quantitative estimate of drug-likeness (QED) is 0.175. The normalized spacial score (nSPS) is 15.5. The van der Waals surface area contributed by atoms with Crippen molar-refractivity contribution in [3.63, 3.8) is 0 Å². The minimum absolute atomic E-state index is 0.171. The Hall–Kier alpha value is -7.16. The molecule has 2 atom stereocenters. The van der Waals surface area contributed by atoms with E-state index in [1.807, 2.05) is 36.4 Å². The molecule has 9 aromatic carbocycles. The van der Waals surface area contributed by atoms with E-state index in [2.05, 4.69) is 263 Å². The monoisotopic (exact) mass is 1210 g/mol. The average Bonchev–Trinajstić information content (AvgIpc) is 1.09. The molecule has 0 aromatic heterocycles. The van der Waals surface area contributed by atoms with E-state index < -0.39 is 16.8 Å². The third-order valence-electron chi connectivity index (χ3n) is 17.0. The van der Waals surface area contributed by atoms with Crippen LogP contribution < -0.4 is 28.7 Å². The Balaban J connectivity index is 0.000000538. The molecule has 456 valence electrons. The maximum absolute atomic E-state index is 13.0. The van der Waals surface area contributed by atoms with Gasteiger partial charge in [-0.15, -0.1) is 0 Å². The standard InChI is InChI=1S/C67H76O5P2.2C7H8/c1-63(2,3)51-31-41-26-43-33-52(64(4,5)6)35-45-28-47-37-54(66(10,11)12)39-49(61(47)71-73(69-59(43)45)56-22-18-16-19-23-56)30-50-40-55(67(13,14)15)38-48-29-46-36-53(65(7,8)9)34-44(27-42(32-51)58(41)68)60(46)70-74(72-62(48)50)57-24-20-17-21-25-57;2*1-7-5-3-2-4-6-7/h16-25,31-40,68H,26-30H2,1-15H3;2*2-6H,1H3/t73-,74+;;. The molecule has 0 fully saturated rings. The highest BCUT2D eigenvalue weighted by atomic mass is 31.2. The minimum Gasteiger partial charge on any atom is -0.507 e. The fourth-order valence-corrected chi connectivity index (χ4v) is 14.4. The van der Waals surface area contributed by atoms with Gasteiger partial charge in [-0.2, -0.15) is 0 Å². The molecule has 0 spiro atoms. The molecule has 0 unspecified atom stereocenters. The van der Waals surface area contributed by atoms with E-state index in [0.29, 0.717) is 37.9 Å². The summed E-state index contributed by atoms with van der Waals surface area (Å²) in [5.41, 5.74) is 18.3. The Morgan fingerprint density at radius 3 is 0.636 bits per heavy atom. The lowest BCUT2D eigenvalue weighted by atomic mass is 9.79. The summed E-state index contributed by atoms with van der Waals surface area (Å²) in [5.74, 6) is 3.69. The zero-order valence-corrected chi connectivity index (χ0v) is 57.1. The van der Waals surface area contributed by atoms with Crippen LogP contribution in [0.1, 0.15) is 198 Å². The molecular formula is C81H92O5P2. The van der Waals surface area contributed by atoms with Crippen LogP contribution >= 0.6 is 16.8 Å². The number of aromatic hydroxyl groups is 1. The van der Waals surface area contributed by atoms with Crippen molar-refractivity contribution in [2.24, 2.45) is 0 Å². The van der Waals surface area contributed by atoms with Gasteiger partial charge in [0.2, 0.25) is 0 Å². The average molecular weight is 1210 g/mol. The van der Waals surface area contributed by atoms with Crippen LogP contribution in [0.25, 0.3) is 0 Å². The van der Waals surface area contributed by atoms with Gasteiger partial charge in [-0.25, -0.2) is 0 Å². The predicted octanol–water partition coefficient (Wildman–Crippen LogP) is 21.0. The van der Waals surface area contributed by atoms with Crippen molar-refractivity contribution in [2.75, 3.05) is 0 Å². The predicted molar refractivity (Wildman–Crippen MR) is 372 cm³/mol. The van der Waals surface area contributed by atoms with E-state index >= 15 is 0 Å². The molecule has 14 bridgehead atoms. The number of aryl methyl sites for hydroxylation is 2. The lowest BCUT2D eigenvalue weighted by Gasteiger charge is -2.33. The molecule has 88 heavy (non-hydrogen) atoms. The second kappa shape index (κ2) is 25.4. The van der Waals surface area contributed by atoms with Crippen LogP contribution in [0.4, 0.5) is 0 Å². The van der Waals surface area contributed by atoms with Crippen LogP contribution in [0.3, 0.4) is 0 Å². The lowest BCUT2D eigenvalue weighted by molar-refractivity contribution is 0.459. The number of phenolic OH excluding ortho intramolecular Hbond substituents is 1. The largest absolute Gasteiger partial charge is 0.507 e. The number of hydrogen-bond acceptors (Lipinski definition) is 5. The van der Waals surface area contributed by atoms with Crippen LogP contribution in [-0.4, -0.2) is 5.11 Å². The van der Waals surface area contributed by atoms with Gasteiger partial charge in [-0.1, -0.05) is 273 Å². The van der Waals surface area contributed by atoms with Gasteiger partial charge in [0.1, 0.15) is 28.7 Å². The molecule has 5 heterocycles. The van der Waals surface area contributed by atoms with Gasteiger partial charge in [0.25, 0.3) is 0 Å². The van der Waals surface area contributed by atoms with Gasteiger partial charge in [0, 0.05) is 32.1 Å². The molecule has 1 aliphatic carbocycles. The van der Waals surface area contributed by atoms with E-state index in [0.717, 1.165) is 94.8 Å². The summed E-state index contributed by atoms with van der Waals surface area (Å²) < 4.78 is 30.2. The van der Waals surface area contributed by atoms with E-state index in [-0.39, 0.29) is 27.1 Å². The summed E-state index contributed by atoms with van der Waals surface area (Å²) in [5, 5.41) is 15.0. The SMILES string of the molecule is CC(C)(C)c1cc2c(O)c(c1)Cc1cc(C(C)(C)C)cc3c1O[P@](c1ccccc1)Oc1c(cc(C(C)(C)C)cc1Cc1cc(C(C)(C)C)cc4c1O[P@](c1ccccc1)Oc1c(cc(C(C)(C)C)cc1C4)C2)C3.Cc1ccccc1.Cc1ccccc1. The van der Waals surface area contributed by atoms with E-state index in [1.165, 1.54) is 33.4 Å². The summed E-state index contributed by atoms with van der Waals surface area (Å²) >= 11 is 0. The molecule has 5 aliphatic heterocycles. The molecule has 15 rings (SSSR count). The molecule has 0 saturated heterocycles. The first-order valence-electron chi connectivity index (χ1n) is 31.4. The second-order valence-electron chi connectivity index (χ2n) is 29.6. The summed E-state index contributed by atoms with van der Waals surface area (Å²) in [6.07, 6.45) is 2.70. The van der Waals surface area contributed by atoms with Crippen molar-refractivity contribution < 1.29 is 23.2 Å². The van der Waals surface area contributed by atoms with Crippen molar-refractivity contribution >= 4 is 27.4 Å². The zero-order valence-electron chi connectivity index (χ0n) is 55.3. The van der Waals surface area contributed by atoms with E-state index in [1.54, 1.807) is 0 Å². The fourth-order valence-electron chi connectivity index (χ4n) is 11.5. The first-order chi connectivity index (χ1) is 41.5. The third kappa shape index (κ3) is 14.9. The van der Waals surface area contributed by atoms with Crippen molar-refractivity contribution in [3.05, 3.63) is 277 Å². The van der Waals surface area contributed by atoms with Crippen molar-refractivity contribution in [2.45, 2.75) is 177 Å². The number of phenols is 1. The molecule has 0 radical (unpaired) electrons. The molecule has 7 heteroatoms. The second-order valence-corrected chi connectivity index (χ2v) is 32.4. The molecule has 0 saturated carbocycles. The number of benzene rings is 9. The van der Waals surface area contributed by atoms with Gasteiger partial charge in [-0.3, -0.25) is 0 Å². The van der Waals surface area contributed by atoms with Gasteiger partial charge >= 0.3 is 16.8 Å². The zero-order chi connectivity index (χ0) is 63.1.